The minimum atomic E-state index is 0.916. The average molecular weight is 362 g/mol. The van der Waals surface area contributed by atoms with Gasteiger partial charge in [-0.2, -0.15) is 0 Å². The van der Waals surface area contributed by atoms with Crippen LogP contribution in [0.25, 0.3) is 44.6 Å². The van der Waals surface area contributed by atoms with Crippen LogP contribution >= 0.6 is 0 Å². The van der Waals surface area contributed by atoms with Crippen LogP contribution in [0.15, 0.2) is 72.8 Å². The van der Waals surface area contributed by atoms with E-state index in [1.807, 2.05) is 36.4 Å². The normalized spacial score (nSPS) is 13.3. The lowest BCUT2D eigenvalue weighted by molar-refractivity contribution is 0.772. The van der Waals surface area contributed by atoms with Crippen molar-refractivity contribution in [2.24, 2.45) is 0 Å². The van der Waals surface area contributed by atoms with Crippen molar-refractivity contribution in [2.75, 3.05) is 0 Å². The Labute approximate surface area is 162 Å². The average Bonchev–Trinajstić information content (AvgIpc) is 3.35. The fourth-order valence-electron chi connectivity index (χ4n) is 4.20. The molecule has 2 aromatic heterocycles. The zero-order valence-corrected chi connectivity index (χ0v) is 15.3. The van der Waals surface area contributed by atoms with Gasteiger partial charge in [0.25, 0.3) is 0 Å². The molecule has 3 aromatic carbocycles. The van der Waals surface area contributed by atoms with Gasteiger partial charge in [0.1, 0.15) is 11.3 Å². The molecule has 3 heterocycles. The highest BCUT2D eigenvalue weighted by molar-refractivity contribution is 6.02. The van der Waals surface area contributed by atoms with Crippen LogP contribution in [-0.4, -0.2) is 19.5 Å². The van der Waals surface area contributed by atoms with Gasteiger partial charge in [-0.3, -0.25) is 0 Å². The Bertz CT molecular complexity index is 1320. The largest absolute Gasteiger partial charge is 0.326 e. The number of imidazole rings is 1. The van der Waals surface area contributed by atoms with Crippen molar-refractivity contribution in [3.05, 3.63) is 78.6 Å². The number of hydrogen-bond acceptors (Lipinski definition) is 3. The summed E-state index contributed by atoms with van der Waals surface area (Å²) in [4.78, 5) is 15.1. The third-order valence-corrected chi connectivity index (χ3v) is 5.50. The van der Waals surface area contributed by atoms with E-state index in [9.17, 15) is 0 Å². The second-order valence-electron chi connectivity index (χ2n) is 7.24. The number of benzene rings is 3. The first-order valence-corrected chi connectivity index (χ1v) is 9.69. The molecule has 6 rings (SSSR count). The van der Waals surface area contributed by atoms with Crippen molar-refractivity contribution in [1.29, 1.82) is 0 Å². The van der Waals surface area contributed by atoms with E-state index >= 15 is 0 Å². The minimum Gasteiger partial charge on any atom is -0.326 e. The number of aryl methyl sites for hydroxylation is 2. The van der Waals surface area contributed by atoms with Gasteiger partial charge in [-0.15, -0.1) is 0 Å². The zero-order valence-electron chi connectivity index (χ0n) is 15.3. The lowest BCUT2D eigenvalue weighted by Gasteiger charge is -2.12. The van der Waals surface area contributed by atoms with Gasteiger partial charge in [-0.05, 0) is 18.6 Å². The highest BCUT2D eigenvalue weighted by atomic mass is 15.1. The van der Waals surface area contributed by atoms with Gasteiger partial charge in [-0.25, -0.2) is 15.0 Å². The fraction of sp³-hybridized carbons (Fsp3) is 0.125. The maximum absolute atomic E-state index is 5.18. The van der Waals surface area contributed by atoms with E-state index < -0.39 is 0 Å². The van der Waals surface area contributed by atoms with Crippen molar-refractivity contribution in [2.45, 2.75) is 19.4 Å². The molecule has 0 saturated carbocycles. The molecule has 0 radical (unpaired) electrons. The van der Waals surface area contributed by atoms with Crippen molar-refractivity contribution in [1.82, 2.24) is 19.5 Å². The summed E-state index contributed by atoms with van der Waals surface area (Å²) in [5, 5.41) is 0. The highest BCUT2D eigenvalue weighted by Crippen LogP contribution is 2.34. The van der Waals surface area contributed by atoms with Gasteiger partial charge >= 0.3 is 0 Å². The summed E-state index contributed by atoms with van der Waals surface area (Å²) >= 11 is 0. The van der Waals surface area contributed by atoms with E-state index in [4.69, 9.17) is 15.0 Å². The molecular weight excluding hydrogens is 344 g/mol. The van der Waals surface area contributed by atoms with Crippen LogP contribution in [0.5, 0.6) is 0 Å². The molecule has 4 heteroatoms. The first kappa shape index (κ1) is 15.5. The molecule has 134 valence electrons. The summed E-state index contributed by atoms with van der Waals surface area (Å²) in [5.74, 6) is 1.16. The van der Waals surface area contributed by atoms with Crippen LogP contribution in [0.4, 0.5) is 0 Å². The maximum atomic E-state index is 5.18. The summed E-state index contributed by atoms with van der Waals surface area (Å²) in [5.41, 5.74) is 7.98. The number of nitrogens with zero attached hydrogens (tertiary/aromatic N) is 4. The Morgan fingerprint density at radius 2 is 1.29 bits per heavy atom. The molecule has 0 amide bonds. The van der Waals surface area contributed by atoms with Crippen molar-refractivity contribution >= 4 is 22.1 Å². The summed E-state index contributed by atoms with van der Waals surface area (Å²) < 4.78 is 2.32. The van der Waals surface area contributed by atoms with Crippen LogP contribution in [0.3, 0.4) is 0 Å². The third-order valence-electron chi connectivity index (χ3n) is 5.50. The topological polar surface area (TPSA) is 43.6 Å². The van der Waals surface area contributed by atoms with E-state index in [1.54, 1.807) is 0 Å². The zero-order chi connectivity index (χ0) is 18.5. The predicted molar refractivity (Wildman–Crippen MR) is 112 cm³/mol. The summed E-state index contributed by atoms with van der Waals surface area (Å²) in [6, 6.07) is 24.8. The molecule has 0 unspecified atom stereocenters. The monoisotopic (exact) mass is 362 g/mol. The molecule has 0 atom stereocenters. The number of fused-ring (bicyclic) bond motifs is 5. The predicted octanol–water partition coefficient (Wildman–Crippen LogP) is 5.26. The van der Waals surface area contributed by atoms with E-state index in [1.165, 1.54) is 0 Å². The molecule has 5 aromatic rings. The SMILES string of the molecule is c1ccc(-c2nc3ccc4nc5n(c4c3nc2-c2ccccc2)CCC5)cc1. The second-order valence-corrected chi connectivity index (χ2v) is 7.24. The van der Waals surface area contributed by atoms with Crippen molar-refractivity contribution in [3.63, 3.8) is 0 Å². The van der Waals surface area contributed by atoms with Gasteiger partial charge in [-0.1, -0.05) is 60.7 Å². The van der Waals surface area contributed by atoms with Crippen molar-refractivity contribution in [3.8, 4) is 22.5 Å². The Kier molecular flexibility index (Phi) is 3.32. The molecule has 0 saturated heterocycles. The summed E-state index contributed by atoms with van der Waals surface area (Å²) in [6.07, 6.45) is 2.19. The smallest absolute Gasteiger partial charge is 0.115 e. The highest BCUT2D eigenvalue weighted by Gasteiger charge is 2.21. The van der Waals surface area contributed by atoms with Crippen LogP contribution in [0.2, 0.25) is 0 Å². The minimum absolute atomic E-state index is 0.916. The third kappa shape index (κ3) is 2.28. The van der Waals surface area contributed by atoms with Gasteiger partial charge in [0, 0.05) is 24.1 Å². The quantitative estimate of drug-likeness (QED) is 0.430. The van der Waals surface area contributed by atoms with Crippen LogP contribution in [-0.2, 0) is 13.0 Å². The molecule has 0 spiro atoms. The lowest BCUT2D eigenvalue weighted by Crippen LogP contribution is -1.98. The molecule has 0 bridgehead atoms. The Balaban J connectivity index is 1.73. The van der Waals surface area contributed by atoms with Crippen LogP contribution < -0.4 is 0 Å². The summed E-state index contributed by atoms with van der Waals surface area (Å²) in [6.45, 7) is 1.01. The molecule has 1 aliphatic rings. The Morgan fingerprint density at radius 1 is 0.643 bits per heavy atom. The number of hydrogen-bond donors (Lipinski definition) is 0. The molecule has 0 fully saturated rings. The standard InChI is InChI=1S/C24H18N4/c1-3-8-16(9-4-1)21-22(17-10-5-2-6-11-17)27-23-18(26-21)13-14-19-24(23)28-15-7-12-20(28)25-19/h1-6,8-11,13-14H,7,12,15H2. The maximum Gasteiger partial charge on any atom is 0.115 e. The second kappa shape index (κ2) is 5.99. The molecule has 1 aliphatic heterocycles. The Hall–Kier alpha value is -3.53. The molecule has 0 aliphatic carbocycles. The lowest BCUT2D eigenvalue weighted by atomic mass is 10.0. The Morgan fingerprint density at radius 3 is 2.00 bits per heavy atom. The fourth-order valence-corrected chi connectivity index (χ4v) is 4.20. The van der Waals surface area contributed by atoms with Gasteiger partial charge in [0.05, 0.1) is 27.9 Å². The van der Waals surface area contributed by atoms with Gasteiger partial charge in [0.15, 0.2) is 0 Å². The van der Waals surface area contributed by atoms with E-state index in [2.05, 4.69) is 41.0 Å². The molecule has 4 nitrogen and oxygen atoms in total. The molecule has 28 heavy (non-hydrogen) atoms. The number of rotatable bonds is 2. The van der Waals surface area contributed by atoms with Crippen molar-refractivity contribution < 1.29 is 0 Å². The first-order valence-electron chi connectivity index (χ1n) is 9.69. The van der Waals surface area contributed by atoms with Crippen LogP contribution in [0.1, 0.15) is 12.2 Å². The van der Waals surface area contributed by atoms with Crippen LogP contribution in [0, 0.1) is 0 Å². The molecule has 0 N–H and O–H groups in total. The van der Waals surface area contributed by atoms with Gasteiger partial charge in [0.2, 0.25) is 0 Å². The van der Waals surface area contributed by atoms with E-state index in [0.717, 1.165) is 69.8 Å². The first-order chi connectivity index (χ1) is 13.9. The molecular formula is C24H18N4. The summed E-state index contributed by atoms with van der Waals surface area (Å²) in [7, 11) is 0. The number of aromatic nitrogens is 4. The van der Waals surface area contributed by atoms with E-state index in [-0.39, 0.29) is 0 Å². The van der Waals surface area contributed by atoms with Gasteiger partial charge < -0.3 is 4.57 Å². The van der Waals surface area contributed by atoms with E-state index in [0.29, 0.717) is 0 Å².